The maximum absolute atomic E-state index is 5.58. The van der Waals surface area contributed by atoms with Crippen LogP contribution in [0.15, 0.2) is 18.2 Å². The molecule has 0 N–H and O–H groups in total. The van der Waals surface area contributed by atoms with E-state index in [4.69, 9.17) is 4.84 Å². The van der Waals surface area contributed by atoms with Crippen LogP contribution in [0.2, 0.25) is 6.32 Å². The zero-order valence-electron chi connectivity index (χ0n) is 10.2. The maximum Gasteiger partial charge on any atom is 0.288 e. The number of anilines is 1. The van der Waals surface area contributed by atoms with Gasteiger partial charge in [-0.05, 0) is 37.7 Å². The number of aryl methyl sites for hydroxylation is 2. The summed E-state index contributed by atoms with van der Waals surface area (Å²) in [6, 6.07) is 6.60. The monoisotopic (exact) mass is 216 g/mol. The Labute approximate surface area is 98.8 Å². The molecule has 2 rings (SSSR count). The first-order valence-corrected chi connectivity index (χ1v) is 6.16. The first kappa shape index (κ1) is 11.5. The van der Waals surface area contributed by atoms with Crippen molar-refractivity contribution in [3.63, 3.8) is 0 Å². The molecule has 0 bridgehead atoms. The van der Waals surface area contributed by atoms with Gasteiger partial charge in [-0.1, -0.05) is 31.0 Å². The van der Waals surface area contributed by atoms with Gasteiger partial charge in [0.1, 0.15) is 0 Å². The number of benzene rings is 1. The maximum atomic E-state index is 5.58. The van der Waals surface area contributed by atoms with Crippen LogP contribution in [-0.4, -0.2) is 14.0 Å². The molecule has 0 unspecified atom stereocenters. The number of rotatable bonds is 4. The van der Waals surface area contributed by atoms with Gasteiger partial charge >= 0.3 is 0 Å². The minimum absolute atomic E-state index is 0.807. The second-order valence-corrected chi connectivity index (χ2v) is 4.37. The van der Waals surface area contributed by atoms with E-state index >= 15 is 0 Å². The van der Waals surface area contributed by atoms with Gasteiger partial charge in [0.2, 0.25) is 0 Å². The van der Waals surface area contributed by atoms with Gasteiger partial charge in [0.25, 0.3) is 7.41 Å². The average molecular weight is 216 g/mol. The second-order valence-electron chi connectivity index (χ2n) is 4.37. The van der Waals surface area contributed by atoms with Crippen LogP contribution in [0.3, 0.4) is 0 Å². The third kappa shape index (κ3) is 2.59. The van der Waals surface area contributed by atoms with Crippen LogP contribution < -0.4 is 4.97 Å². The van der Waals surface area contributed by atoms with Gasteiger partial charge < -0.3 is 4.97 Å². The molecule has 0 aliphatic carbocycles. The van der Waals surface area contributed by atoms with E-state index in [0.29, 0.717) is 0 Å². The molecule has 1 aliphatic rings. The highest BCUT2D eigenvalue weighted by molar-refractivity contribution is 6.41. The van der Waals surface area contributed by atoms with E-state index in [1.54, 1.807) is 0 Å². The molecule has 16 heavy (non-hydrogen) atoms. The van der Waals surface area contributed by atoms with Crippen molar-refractivity contribution >= 4 is 13.1 Å². The van der Waals surface area contributed by atoms with E-state index in [9.17, 15) is 0 Å². The summed E-state index contributed by atoms with van der Waals surface area (Å²) >= 11 is 0. The molecule has 0 spiro atoms. The van der Waals surface area contributed by atoms with E-state index in [-0.39, 0.29) is 0 Å². The van der Waals surface area contributed by atoms with Crippen molar-refractivity contribution in [2.24, 2.45) is 0 Å². The fourth-order valence-corrected chi connectivity index (χ4v) is 2.04. The summed E-state index contributed by atoms with van der Waals surface area (Å²) in [5.41, 5.74) is 3.95. The molecule has 2 nitrogen and oxygen atoms in total. The number of hydrogen-bond acceptors (Lipinski definition) is 2. The van der Waals surface area contributed by atoms with E-state index < -0.39 is 0 Å². The lowest BCUT2D eigenvalue weighted by molar-refractivity contribution is 0.185. The highest BCUT2D eigenvalue weighted by atomic mass is 16.7. The topological polar surface area (TPSA) is 12.5 Å². The second kappa shape index (κ2) is 5.40. The normalized spacial score (nSPS) is 15.2. The smallest absolute Gasteiger partial charge is 0.288 e. The summed E-state index contributed by atoms with van der Waals surface area (Å²) in [4.78, 5) is 7.51. The van der Waals surface area contributed by atoms with Crippen molar-refractivity contribution in [3.8, 4) is 0 Å². The lowest BCUT2D eigenvalue weighted by Gasteiger charge is -2.20. The third-order valence-electron chi connectivity index (χ3n) is 2.92. The first-order valence-electron chi connectivity index (χ1n) is 6.16. The van der Waals surface area contributed by atoms with Crippen LogP contribution in [0, 0.1) is 6.92 Å². The number of hydrogen-bond donors (Lipinski definition) is 0. The largest absolute Gasteiger partial charge is 0.306 e. The lowest BCUT2D eigenvalue weighted by Crippen LogP contribution is -2.20. The van der Waals surface area contributed by atoms with Crippen LogP contribution in [-0.2, 0) is 11.3 Å². The Bertz CT molecular complexity index is 348. The summed E-state index contributed by atoms with van der Waals surface area (Å²) in [5.74, 6) is 0. The van der Waals surface area contributed by atoms with Crippen molar-refractivity contribution in [2.75, 3.05) is 11.6 Å². The first-order chi connectivity index (χ1) is 7.81. The number of nitrogens with zero attached hydrogens (tertiary/aromatic N) is 1. The van der Waals surface area contributed by atoms with Gasteiger partial charge in [-0.15, -0.1) is 0 Å². The van der Waals surface area contributed by atoms with Gasteiger partial charge in [0.05, 0.1) is 12.3 Å². The Morgan fingerprint density at radius 2 is 2.31 bits per heavy atom. The van der Waals surface area contributed by atoms with Crippen LogP contribution >= 0.6 is 0 Å². The van der Waals surface area contributed by atoms with Crippen molar-refractivity contribution in [1.29, 1.82) is 0 Å². The van der Waals surface area contributed by atoms with Crippen molar-refractivity contribution in [2.45, 2.75) is 39.4 Å². The molecule has 1 radical (unpaired) electrons. The van der Waals surface area contributed by atoms with Gasteiger partial charge in [0, 0.05) is 0 Å². The van der Waals surface area contributed by atoms with Crippen LogP contribution in [0.4, 0.5) is 5.69 Å². The highest BCUT2D eigenvalue weighted by Crippen LogP contribution is 2.25. The SMILES string of the molecule is CCCCc1cc(C)ccc1N1[B]CCO1. The Balaban J connectivity index is 2.20. The molecule has 0 aromatic heterocycles. The van der Waals surface area contributed by atoms with Gasteiger partial charge in [-0.2, -0.15) is 0 Å². The molecule has 1 aliphatic heterocycles. The Kier molecular flexibility index (Phi) is 3.89. The highest BCUT2D eigenvalue weighted by Gasteiger charge is 2.18. The summed E-state index contributed by atoms with van der Waals surface area (Å²) in [6.07, 6.45) is 4.63. The van der Waals surface area contributed by atoms with E-state index in [1.165, 1.54) is 29.7 Å². The minimum Gasteiger partial charge on any atom is -0.306 e. The predicted molar refractivity (Wildman–Crippen MR) is 68.8 cm³/mol. The predicted octanol–water partition coefficient (Wildman–Crippen LogP) is 3.13. The van der Waals surface area contributed by atoms with E-state index in [0.717, 1.165) is 19.3 Å². The minimum atomic E-state index is 0.807. The Morgan fingerprint density at radius 3 is 3.00 bits per heavy atom. The van der Waals surface area contributed by atoms with Gasteiger partial charge in [0.15, 0.2) is 0 Å². The standard InChI is InChI=1S/C13H19BNO/c1-3-4-5-12-10-11(2)6-7-13(12)15-14-8-9-16-15/h6-7,10H,3-5,8-9H2,1-2H3. The molecule has 0 atom stereocenters. The van der Waals surface area contributed by atoms with Crippen LogP contribution in [0.5, 0.6) is 0 Å². The molecule has 1 saturated heterocycles. The van der Waals surface area contributed by atoms with Gasteiger partial charge in [-0.3, -0.25) is 4.84 Å². The zero-order valence-corrected chi connectivity index (χ0v) is 10.2. The van der Waals surface area contributed by atoms with Crippen molar-refractivity contribution in [1.82, 2.24) is 0 Å². The summed E-state index contributed by atoms with van der Waals surface area (Å²) in [6.45, 7) is 5.18. The van der Waals surface area contributed by atoms with Crippen molar-refractivity contribution in [3.05, 3.63) is 29.3 Å². The van der Waals surface area contributed by atoms with Crippen LogP contribution in [0.1, 0.15) is 30.9 Å². The molecule has 0 amide bonds. The Hall–Kier alpha value is -0.955. The molecule has 1 fully saturated rings. The quantitative estimate of drug-likeness (QED) is 0.717. The number of unbranched alkanes of at least 4 members (excludes halogenated alkanes) is 1. The molecule has 1 aromatic rings. The molecule has 85 valence electrons. The molecular weight excluding hydrogens is 197 g/mol. The zero-order chi connectivity index (χ0) is 11.4. The fourth-order valence-electron chi connectivity index (χ4n) is 2.04. The van der Waals surface area contributed by atoms with Crippen molar-refractivity contribution < 1.29 is 4.84 Å². The van der Waals surface area contributed by atoms with E-state index in [1.807, 2.05) is 4.97 Å². The lowest BCUT2D eigenvalue weighted by atomic mass is 9.89. The van der Waals surface area contributed by atoms with E-state index in [2.05, 4.69) is 39.5 Å². The van der Waals surface area contributed by atoms with Gasteiger partial charge in [-0.25, -0.2) is 0 Å². The average Bonchev–Trinajstić information content (AvgIpc) is 2.80. The molecule has 0 saturated carbocycles. The summed E-state index contributed by atoms with van der Waals surface area (Å²) in [5, 5.41) is 0. The fraction of sp³-hybridized carbons (Fsp3) is 0.538. The molecular formula is C13H19BNO. The molecule has 1 heterocycles. The molecule has 3 heteroatoms. The van der Waals surface area contributed by atoms with Crippen LogP contribution in [0.25, 0.3) is 0 Å². The Morgan fingerprint density at radius 1 is 1.44 bits per heavy atom. The third-order valence-corrected chi connectivity index (χ3v) is 2.92. The summed E-state index contributed by atoms with van der Waals surface area (Å²) < 4.78 is 0. The summed E-state index contributed by atoms with van der Waals surface area (Å²) in [7, 11) is 2.13. The molecule has 1 aromatic carbocycles.